The quantitative estimate of drug-likeness (QED) is 0.232. The normalized spacial score (nSPS) is 2.67. The van der Waals surface area contributed by atoms with Gasteiger partial charge in [-0.1, -0.05) is 0 Å². The smallest absolute Gasteiger partial charge is 0.302 e. The minimum Gasteiger partial charge on any atom is -1.00 e. The molecule has 0 aliphatic carbocycles. The van der Waals surface area contributed by atoms with Crippen LogP contribution in [0.1, 0.15) is 0 Å². The Morgan fingerprint density at radius 3 is 1.83 bits per heavy atom. The van der Waals surface area contributed by atoms with E-state index in [0.29, 0.717) is 0 Å². The zero-order valence-electron chi connectivity index (χ0n) is 3.48. The van der Waals surface area contributed by atoms with Crippen LogP contribution >= 0.6 is 0 Å². The SMILES string of the molecule is CN[N+]#N.[Cl-].[Zn]. The fourth-order valence-corrected chi connectivity index (χ4v) is 0. The second-order valence-corrected chi connectivity index (χ2v) is 0.324. The fourth-order valence-electron chi connectivity index (χ4n) is 0. The Morgan fingerprint density at radius 1 is 1.67 bits per heavy atom. The molecule has 0 saturated heterocycles. The van der Waals surface area contributed by atoms with Gasteiger partial charge in [-0.3, -0.25) is 0 Å². The van der Waals surface area contributed by atoms with E-state index < -0.39 is 0 Å². The molecule has 0 radical (unpaired) electrons. The number of nitrogens with one attached hydrogen (secondary N) is 1. The Kier molecular flexibility index (Phi) is 52.9. The van der Waals surface area contributed by atoms with E-state index in [1.165, 1.54) is 7.05 Å². The summed E-state index contributed by atoms with van der Waals surface area (Å²) >= 11 is 0. The third-order valence-corrected chi connectivity index (χ3v) is 0.100. The summed E-state index contributed by atoms with van der Waals surface area (Å²) in [5, 5.41) is 9.88. The van der Waals surface area contributed by atoms with Gasteiger partial charge in [0.2, 0.25) is 0 Å². The Hall–Kier alpha value is 0.133. The van der Waals surface area contributed by atoms with Gasteiger partial charge in [-0.25, -0.2) is 0 Å². The van der Waals surface area contributed by atoms with Crippen molar-refractivity contribution in [2.45, 2.75) is 0 Å². The molecule has 0 fully saturated rings. The van der Waals surface area contributed by atoms with Gasteiger partial charge in [0.05, 0.1) is 7.05 Å². The van der Waals surface area contributed by atoms with Gasteiger partial charge in [0.15, 0.2) is 0 Å². The minimum atomic E-state index is 0. The molecule has 0 rings (SSSR count). The first kappa shape index (κ1) is 16.5. The van der Waals surface area contributed by atoms with E-state index in [9.17, 15) is 0 Å². The summed E-state index contributed by atoms with van der Waals surface area (Å²) in [4.78, 5) is 0. The molecule has 0 aliphatic rings. The van der Waals surface area contributed by atoms with E-state index in [4.69, 9.17) is 5.39 Å². The predicted molar refractivity (Wildman–Crippen MR) is 14.1 cm³/mol. The largest absolute Gasteiger partial charge is 1.00 e. The molecule has 0 aromatic rings. The van der Waals surface area contributed by atoms with E-state index in [1.54, 1.807) is 0 Å². The molecule has 32 valence electrons. The van der Waals surface area contributed by atoms with Crippen molar-refractivity contribution in [1.29, 1.82) is 5.39 Å². The zero-order valence-corrected chi connectivity index (χ0v) is 7.20. The van der Waals surface area contributed by atoms with Crippen molar-refractivity contribution in [3.05, 3.63) is 5.08 Å². The van der Waals surface area contributed by atoms with Crippen molar-refractivity contribution in [3.63, 3.8) is 0 Å². The maximum absolute atomic E-state index is 7.39. The summed E-state index contributed by atoms with van der Waals surface area (Å²) in [6.07, 6.45) is 0. The average molecular weight is 159 g/mol. The Morgan fingerprint density at radius 2 is 1.83 bits per heavy atom. The summed E-state index contributed by atoms with van der Waals surface area (Å²) in [7, 11) is 1.51. The van der Waals surface area contributed by atoms with Crippen molar-refractivity contribution in [1.82, 2.24) is 5.43 Å². The molecular weight excluding hydrogens is 155 g/mol. The van der Waals surface area contributed by atoms with Crippen LogP contribution in [-0.2, 0) is 19.5 Å². The molecule has 0 saturated carbocycles. The number of diazo groups is 1. The van der Waals surface area contributed by atoms with Gasteiger partial charge >= 0.3 is 5.08 Å². The van der Waals surface area contributed by atoms with Gasteiger partial charge in [-0.05, 0) is 5.43 Å². The number of hydrogen-bond donors (Lipinski definition) is 1. The van der Waals surface area contributed by atoms with Crippen LogP contribution in [0.2, 0.25) is 0 Å². The molecular formula is CH4ClN3Zn. The molecule has 6 heavy (non-hydrogen) atoms. The van der Waals surface area contributed by atoms with Crippen molar-refractivity contribution >= 4 is 0 Å². The second kappa shape index (κ2) is 19.3. The van der Waals surface area contributed by atoms with E-state index in [1.807, 2.05) is 0 Å². The summed E-state index contributed by atoms with van der Waals surface area (Å²) in [5.41, 5.74) is 2.11. The molecule has 0 aromatic heterocycles. The topological polar surface area (TPSA) is 40.2 Å². The first-order chi connectivity index (χ1) is 1.91. The number of hydrogen-bond acceptors (Lipinski definition) is 2. The number of rotatable bonds is 0. The van der Waals surface area contributed by atoms with Crippen molar-refractivity contribution in [2.75, 3.05) is 7.05 Å². The standard InChI is InChI=1S/CH4N3.ClH.Zn/c1-3-4-2;;/h3H,1H3;1H;/q+1;;/p-1. The molecule has 0 aliphatic heterocycles. The van der Waals surface area contributed by atoms with Crippen LogP contribution in [0, 0.1) is 5.39 Å². The average Bonchev–Trinajstić information content (AvgIpc) is 1.37. The van der Waals surface area contributed by atoms with Gasteiger partial charge in [-0.15, -0.1) is 0 Å². The van der Waals surface area contributed by atoms with Crippen LogP contribution in [0.3, 0.4) is 0 Å². The first-order valence-electron chi connectivity index (χ1n) is 0.924. The fraction of sp³-hybridized carbons (Fsp3) is 1.00. The van der Waals surface area contributed by atoms with Crippen LogP contribution in [0.5, 0.6) is 0 Å². The van der Waals surface area contributed by atoms with Crippen LogP contribution in [0.4, 0.5) is 0 Å². The minimum absolute atomic E-state index is 0. The first-order valence-corrected chi connectivity index (χ1v) is 0.924. The number of nitrogens with zero attached hydrogens (tertiary/aromatic N) is 2. The summed E-state index contributed by atoms with van der Waals surface area (Å²) in [6.45, 7) is 0. The molecule has 0 spiro atoms. The summed E-state index contributed by atoms with van der Waals surface area (Å²) in [6, 6.07) is 0. The zero-order chi connectivity index (χ0) is 3.41. The summed E-state index contributed by atoms with van der Waals surface area (Å²) < 4.78 is 0. The van der Waals surface area contributed by atoms with Gasteiger partial charge in [0.25, 0.3) is 5.39 Å². The maximum atomic E-state index is 7.39. The van der Waals surface area contributed by atoms with E-state index in [2.05, 4.69) is 10.5 Å². The molecule has 1 N–H and O–H groups in total. The van der Waals surface area contributed by atoms with Crippen molar-refractivity contribution in [3.8, 4) is 0 Å². The second-order valence-electron chi connectivity index (χ2n) is 0.324. The van der Waals surface area contributed by atoms with Crippen molar-refractivity contribution < 1.29 is 31.9 Å². The van der Waals surface area contributed by atoms with Crippen molar-refractivity contribution in [2.24, 2.45) is 0 Å². The van der Waals surface area contributed by atoms with Crippen LogP contribution < -0.4 is 17.8 Å². The molecule has 0 bridgehead atoms. The molecule has 0 aromatic carbocycles. The molecule has 0 heterocycles. The van der Waals surface area contributed by atoms with Gasteiger partial charge < -0.3 is 12.4 Å². The molecule has 0 amide bonds. The Bertz CT molecular complexity index is 40.5. The molecule has 0 atom stereocenters. The van der Waals surface area contributed by atoms with E-state index in [0.717, 1.165) is 0 Å². The maximum Gasteiger partial charge on any atom is 0.302 e. The Balaban J connectivity index is -0.0000000450. The van der Waals surface area contributed by atoms with E-state index >= 15 is 0 Å². The third kappa shape index (κ3) is 31.6. The molecule has 0 unspecified atom stereocenters. The van der Waals surface area contributed by atoms with Gasteiger partial charge in [0.1, 0.15) is 0 Å². The van der Waals surface area contributed by atoms with Crippen LogP contribution in [0.25, 0.3) is 5.08 Å². The monoisotopic (exact) mass is 157 g/mol. The third-order valence-electron chi connectivity index (χ3n) is 0.100. The van der Waals surface area contributed by atoms with E-state index in [-0.39, 0.29) is 31.9 Å². The Labute approximate surface area is 55.3 Å². The van der Waals surface area contributed by atoms with Crippen LogP contribution in [-0.4, -0.2) is 7.05 Å². The number of halogens is 1. The van der Waals surface area contributed by atoms with Gasteiger partial charge in [-0.2, -0.15) is 0 Å². The molecule has 3 nitrogen and oxygen atoms in total. The summed E-state index contributed by atoms with van der Waals surface area (Å²) in [5.74, 6) is 0. The van der Waals surface area contributed by atoms with Crippen LogP contribution in [0.15, 0.2) is 0 Å². The van der Waals surface area contributed by atoms with Gasteiger partial charge in [0, 0.05) is 19.5 Å². The predicted octanol–water partition coefficient (Wildman–Crippen LogP) is -3.02. The molecule has 5 heteroatoms.